The molecule has 0 unspecified atom stereocenters. The fourth-order valence-electron chi connectivity index (χ4n) is 7.48. The Labute approximate surface area is 423 Å². The second-order valence-electron chi connectivity index (χ2n) is 15.8. The summed E-state index contributed by atoms with van der Waals surface area (Å²) in [5.74, 6) is -3.72. The topological polar surface area (TPSA) is 107 Å². The number of aryl methyl sites for hydroxylation is 3. The number of nitrogens with zero attached hydrogens (tertiary/aromatic N) is 6. The van der Waals surface area contributed by atoms with Crippen LogP contribution >= 0.6 is 86.4 Å². The Morgan fingerprint density at radius 2 is 1.02 bits per heavy atom. The lowest BCUT2D eigenvalue weighted by Gasteiger charge is -2.34. The van der Waals surface area contributed by atoms with E-state index < -0.39 is 62.1 Å². The molecule has 10 nitrogen and oxygen atoms in total. The Bertz CT molecular complexity index is 2810. The van der Waals surface area contributed by atoms with Crippen LogP contribution in [0.15, 0.2) is 87.0 Å². The van der Waals surface area contributed by atoms with E-state index in [1.807, 2.05) is 26.6 Å². The van der Waals surface area contributed by atoms with Crippen molar-refractivity contribution in [3.05, 3.63) is 145 Å². The normalized spacial score (nSPS) is 15.3. The summed E-state index contributed by atoms with van der Waals surface area (Å²) in [4.78, 5) is 12.2. The van der Waals surface area contributed by atoms with Crippen LogP contribution < -0.4 is 9.80 Å². The minimum atomic E-state index is -4.22. The second kappa shape index (κ2) is 21.1. The third-order valence-corrected chi connectivity index (χ3v) is 20.4. The first-order valence-electron chi connectivity index (χ1n) is 20.3. The average Bonchev–Trinajstić information content (AvgIpc) is 3.96. The van der Waals surface area contributed by atoms with E-state index in [1.165, 1.54) is 64.7 Å². The molecule has 0 atom stereocenters. The van der Waals surface area contributed by atoms with Gasteiger partial charge in [-0.1, -0.05) is 42.0 Å². The minimum Gasteiger partial charge on any atom is -0.345 e. The molecule has 66 heavy (non-hydrogen) atoms. The Morgan fingerprint density at radius 3 is 1.47 bits per heavy atom. The Kier molecular flexibility index (Phi) is 16.3. The van der Waals surface area contributed by atoms with Crippen molar-refractivity contribution in [2.24, 2.45) is 0 Å². The molecule has 352 valence electrons. The van der Waals surface area contributed by atoms with Gasteiger partial charge in [0.1, 0.15) is 21.4 Å². The summed E-state index contributed by atoms with van der Waals surface area (Å²) >= 11 is 14.6. The van der Waals surface area contributed by atoms with E-state index >= 15 is 0 Å². The van der Waals surface area contributed by atoms with Crippen LogP contribution in [0.1, 0.15) is 44.8 Å². The Hall–Kier alpha value is -2.80. The van der Waals surface area contributed by atoms with E-state index in [2.05, 4.69) is 122 Å². The zero-order valence-electron chi connectivity index (χ0n) is 35.8. The van der Waals surface area contributed by atoms with Crippen molar-refractivity contribution in [2.75, 3.05) is 62.2 Å². The van der Waals surface area contributed by atoms with Crippen LogP contribution in [0, 0.1) is 51.0 Å². The van der Waals surface area contributed by atoms with Gasteiger partial charge in [-0.15, -0.1) is 22.7 Å². The van der Waals surface area contributed by atoms with Gasteiger partial charge in [-0.25, -0.2) is 44.4 Å². The first kappa shape index (κ1) is 51.1. The summed E-state index contributed by atoms with van der Waals surface area (Å²) in [6, 6.07) is 14.4. The third kappa shape index (κ3) is 11.0. The van der Waals surface area contributed by atoms with Gasteiger partial charge in [-0.2, -0.15) is 8.61 Å². The van der Waals surface area contributed by atoms with Crippen LogP contribution in [-0.4, -0.2) is 87.8 Å². The van der Waals surface area contributed by atoms with Crippen LogP contribution in [-0.2, 0) is 32.9 Å². The van der Waals surface area contributed by atoms with Crippen molar-refractivity contribution < 1.29 is 34.4 Å². The minimum absolute atomic E-state index is 0.147. The summed E-state index contributed by atoms with van der Waals surface area (Å²) in [5.41, 5.74) is 9.33. The molecule has 6 aromatic rings. The molecule has 0 saturated carbocycles. The van der Waals surface area contributed by atoms with E-state index in [4.69, 9.17) is 9.97 Å². The highest BCUT2D eigenvalue weighted by atomic mass is 79.9. The highest BCUT2D eigenvalue weighted by Crippen LogP contribution is 2.37. The molecule has 22 heteroatoms. The van der Waals surface area contributed by atoms with E-state index in [0.29, 0.717) is 26.2 Å². The lowest BCUT2D eigenvalue weighted by atomic mass is 10.0. The molecule has 4 aromatic carbocycles. The Morgan fingerprint density at radius 1 is 0.576 bits per heavy atom. The van der Waals surface area contributed by atoms with Crippen molar-refractivity contribution in [1.82, 2.24) is 18.6 Å². The number of hydrogen-bond acceptors (Lipinski definition) is 10. The molecule has 2 aliphatic heterocycles. The molecular weight excluding hydrogens is 1200 g/mol. The van der Waals surface area contributed by atoms with Gasteiger partial charge in [0.25, 0.3) is 0 Å². The number of aromatic nitrogens is 2. The quantitative estimate of drug-likeness (QED) is 0.0986. The van der Waals surface area contributed by atoms with Crippen molar-refractivity contribution in [3.63, 3.8) is 0 Å². The fraction of sp³-hybridized carbons (Fsp3) is 0.318. The number of anilines is 2. The maximum absolute atomic E-state index is 14.6. The third-order valence-electron chi connectivity index (χ3n) is 11.4. The maximum atomic E-state index is 14.6. The maximum Gasteiger partial charge on any atom is 0.247 e. The molecule has 0 spiro atoms. The molecule has 0 N–H and O–H groups in total. The average molecular weight is 1240 g/mol. The summed E-state index contributed by atoms with van der Waals surface area (Å²) in [6.07, 6.45) is 1.47. The van der Waals surface area contributed by atoms with E-state index in [1.54, 1.807) is 0 Å². The standard InChI is InChI=1S/2C22H21Br2F2N3O2S2/c1-13-3-4-14(2)15(9-13)10-16-12-32-22(27-16)28-5-7-29(8-6-28)33(30,31)21-19(24)18(25)11-17(23)20(21)26;1-13-4-3-5-15(14(13)2)10-16-12-32-22(27-16)28-6-8-29(9-7-28)33(30,31)21-19(24)18(25)11-17(23)20(21)26/h3-4,9,11-12H,5-8,10H2,1-2H3;3-5,11-12H,6-10H2,1-2H3. The van der Waals surface area contributed by atoms with Gasteiger partial charge in [0.15, 0.2) is 21.9 Å². The van der Waals surface area contributed by atoms with Gasteiger partial charge in [-0.3, -0.25) is 0 Å². The lowest BCUT2D eigenvalue weighted by Crippen LogP contribution is -2.49. The molecule has 2 aromatic heterocycles. The molecule has 0 aliphatic carbocycles. The molecule has 0 radical (unpaired) electrons. The largest absolute Gasteiger partial charge is 0.345 e. The predicted octanol–water partition coefficient (Wildman–Crippen LogP) is 11.3. The van der Waals surface area contributed by atoms with E-state index in [9.17, 15) is 34.4 Å². The monoisotopic (exact) mass is 1240 g/mol. The zero-order chi connectivity index (χ0) is 47.8. The van der Waals surface area contributed by atoms with Gasteiger partial charge >= 0.3 is 0 Å². The molecule has 2 aliphatic rings. The molecule has 2 fully saturated rings. The first-order chi connectivity index (χ1) is 31.2. The lowest BCUT2D eigenvalue weighted by molar-refractivity contribution is 0.380. The van der Waals surface area contributed by atoms with Gasteiger partial charge in [-0.05, 0) is 131 Å². The van der Waals surface area contributed by atoms with Gasteiger partial charge in [0.2, 0.25) is 20.0 Å². The van der Waals surface area contributed by atoms with Gasteiger partial charge in [0.05, 0.1) is 29.3 Å². The van der Waals surface area contributed by atoms with Crippen molar-refractivity contribution in [1.29, 1.82) is 0 Å². The molecule has 0 bridgehead atoms. The number of thiazole rings is 2. The van der Waals surface area contributed by atoms with Crippen LogP contribution in [0.25, 0.3) is 0 Å². The van der Waals surface area contributed by atoms with E-state index in [0.717, 1.165) is 46.6 Å². The summed E-state index contributed by atoms with van der Waals surface area (Å²) in [7, 11) is -8.44. The van der Waals surface area contributed by atoms with Crippen LogP contribution in [0.3, 0.4) is 0 Å². The number of rotatable bonds is 10. The predicted molar refractivity (Wildman–Crippen MR) is 267 cm³/mol. The number of hydrogen-bond donors (Lipinski definition) is 0. The van der Waals surface area contributed by atoms with Gasteiger partial charge in [0, 0.05) is 76.0 Å². The van der Waals surface area contributed by atoms with Crippen molar-refractivity contribution in [2.45, 2.75) is 50.3 Å². The molecule has 8 rings (SSSR count). The molecular formula is C44H42Br4F4N6O4S4. The Balaban J connectivity index is 0.000000196. The van der Waals surface area contributed by atoms with Gasteiger partial charge < -0.3 is 9.80 Å². The highest BCUT2D eigenvalue weighted by Gasteiger charge is 2.37. The number of halogens is 8. The molecule has 2 saturated heterocycles. The summed E-state index contributed by atoms with van der Waals surface area (Å²) in [5, 5.41) is 5.70. The van der Waals surface area contributed by atoms with Crippen LogP contribution in [0.2, 0.25) is 0 Å². The molecule has 0 amide bonds. The highest BCUT2D eigenvalue weighted by molar-refractivity contribution is 9.11. The zero-order valence-corrected chi connectivity index (χ0v) is 45.4. The van der Waals surface area contributed by atoms with Crippen molar-refractivity contribution >= 4 is 117 Å². The summed E-state index contributed by atoms with van der Waals surface area (Å²) < 4.78 is 111. The van der Waals surface area contributed by atoms with Crippen LogP contribution in [0.4, 0.5) is 27.8 Å². The molecule has 4 heterocycles. The summed E-state index contributed by atoms with van der Waals surface area (Å²) in [6.45, 7) is 10.6. The first-order valence-corrected chi connectivity index (χ1v) is 28.1. The number of piperazine rings is 2. The number of sulfonamides is 2. The SMILES string of the molecule is Cc1ccc(C)c(Cc2csc(N3CCN(S(=O)(=O)c4c(F)c(Br)cc(F)c4Br)CC3)n2)c1.Cc1cccc(Cc2csc(N3CCN(S(=O)(=O)c4c(F)c(Br)cc(F)c4Br)CC3)n2)c1C. The van der Waals surface area contributed by atoms with Crippen molar-refractivity contribution in [3.8, 4) is 0 Å². The van der Waals surface area contributed by atoms with E-state index in [-0.39, 0.29) is 35.1 Å². The number of benzene rings is 4. The smallest absolute Gasteiger partial charge is 0.247 e. The van der Waals surface area contributed by atoms with Crippen LogP contribution in [0.5, 0.6) is 0 Å². The fourth-order valence-corrected chi connectivity index (χ4v) is 15.2. The second-order valence-corrected chi connectivity index (χ2v) is 24.5.